The summed E-state index contributed by atoms with van der Waals surface area (Å²) in [7, 11) is 0. The quantitative estimate of drug-likeness (QED) is 0.853. The zero-order valence-electron chi connectivity index (χ0n) is 13.3. The van der Waals surface area contributed by atoms with E-state index in [-0.39, 0.29) is 11.9 Å². The Hall–Kier alpha value is -1.43. The molecule has 0 amide bonds. The number of fused-ring (bicyclic) bond motifs is 1. The summed E-state index contributed by atoms with van der Waals surface area (Å²) in [6.07, 6.45) is 6.39. The molecule has 0 saturated carbocycles. The summed E-state index contributed by atoms with van der Waals surface area (Å²) < 4.78 is 14.0. The highest BCUT2D eigenvalue weighted by Gasteiger charge is 2.42. The van der Waals surface area contributed by atoms with Crippen molar-refractivity contribution in [1.82, 2.24) is 14.3 Å². The number of hydrogen-bond acceptors (Lipinski definition) is 4. The van der Waals surface area contributed by atoms with Gasteiger partial charge >= 0.3 is 0 Å². The highest BCUT2D eigenvalue weighted by molar-refractivity contribution is 5.41. The van der Waals surface area contributed by atoms with Gasteiger partial charge in [0.25, 0.3) is 0 Å². The van der Waals surface area contributed by atoms with Crippen molar-refractivity contribution in [2.75, 3.05) is 19.7 Å². The molecule has 2 aliphatic rings. The molecule has 1 spiro atoms. The van der Waals surface area contributed by atoms with E-state index in [9.17, 15) is 0 Å². The predicted molar refractivity (Wildman–Crippen MR) is 83.7 cm³/mol. The number of aromatic nitrogens is 2. The Bertz CT molecular complexity index is 674. The lowest BCUT2D eigenvalue weighted by Gasteiger charge is -2.37. The molecule has 5 nitrogen and oxygen atoms in total. The van der Waals surface area contributed by atoms with E-state index in [4.69, 9.17) is 14.5 Å². The van der Waals surface area contributed by atoms with Gasteiger partial charge in [-0.15, -0.1) is 0 Å². The fourth-order valence-corrected chi connectivity index (χ4v) is 3.48. The fraction of sp³-hybridized carbons (Fsp3) is 0.588. The molecule has 22 heavy (non-hydrogen) atoms. The van der Waals surface area contributed by atoms with Crippen molar-refractivity contribution in [1.29, 1.82) is 0 Å². The molecule has 0 radical (unpaired) electrons. The number of nitrogens with zero attached hydrogens (tertiary/aromatic N) is 3. The molecule has 2 fully saturated rings. The third-order valence-electron chi connectivity index (χ3n) is 4.65. The van der Waals surface area contributed by atoms with Gasteiger partial charge in [0, 0.05) is 44.9 Å². The maximum absolute atomic E-state index is 5.98. The second-order valence-electron chi connectivity index (χ2n) is 6.63. The highest BCUT2D eigenvalue weighted by atomic mass is 16.7. The number of aryl methyl sites for hydroxylation is 1. The zero-order chi connectivity index (χ0) is 15.2. The van der Waals surface area contributed by atoms with Crippen LogP contribution < -0.4 is 0 Å². The maximum atomic E-state index is 5.98. The van der Waals surface area contributed by atoms with Gasteiger partial charge in [0.1, 0.15) is 5.65 Å². The molecule has 0 aliphatic carbocycles. The van der Waals surface area contributed by atoms with Crippen LogP contribution in [0.1, 0.15) is 31.0 Å². The Labute approximate surface area is 130 Å². The molecule has 0 bridgehead atoms. The first kappa shape index (κ1) is 14.2. The molecule has 2 saturated heterocycles. The van der Waals surface area contributed by atoms with Gasteiger partial charge in [-0.25, -0.2) is 4.98 Å². The minimum Gasteiger partial charge on any atom is -0.347 e. The summed E-state index contributed by atoms with van der Waals surface area (Å²) >= 11 is 0. The van der Waals surface area contributed by atoms with Gasteiger partial charge in [-0.05, 0) is 25.5 Å². The van der Waals surface area contributed by atoms with Crippen molar-refractivity contribution in [2.24, 2.45) is 0 Å². The normalized spacial score (nSPS) is 25.3. The molecule has 2 aromatic rings. The second-order valence-corrected chi connectivity index (χ2v) is 6.63. The Morgan fingerprint density at radius 1 is 1.27 bits per heavy atom. The monoisotopic (exact) mass is 301 g/mol. The highest BCUT2D eigenvalue weighted by Crippen LogP contribution is 2.34. The van der Waals surface area contributed by atoms with E-state index in [0.29, 0.717) is 0 Å². The zero-order valence-corrected chi connectivity index (χ0v) is 13.3. The van der Waals surface area contributed by atoms with Crippen molar-refractivity contribution in [2.45, 2.75) is 45.1 Å². The van der Waals surface area contributed by atoms with Gasteiger partial charge in [0.15, 0.2) is 5.79 Å². The topological polar surface area (TPSA) is 39.0 Å². The molecule has 0 aromatic carbocycles. The Balaban J connectivity index is 1.41. The third kappa shape index (κ3) is 2.64. The minimum absolute atomic E-state index is 0.230. The first-order chi connectivity index (χ1) is 10.6. The van der Waals surface area contributed by atoms with Crippen LogP contribution in [0, 0.1) is 6.92 Å². The Kier molecular flexibility index (Phi) is 3.44. The van der Waals surface area contributed by atoms with Crippen molar-refractivity contribution in [3.8, 4) is 0 Å². The summed E-state index contributed by atoms with van der Waals surface area (Å²) in [6, 6.07) is 4.18. The number of hydrogen-bond donors (Lipinski definition) is 0. The minimum atomic E-state index is -0.314. The first-order valence-corrected chi connectivity index (χ1v) is 8.10. The van der Waals surface area contributed by atoms with Gasteiger partial charge < -0.3 is 13.9 Å². The number of piperidine rings is 1. The van der Waals surface area contributed by atoms with Crippen LogP contribution in [-0.4, -0.2) is 45.9 Å². The van der Waals surface area contributed by atoms with E-state index < -0.39 is 0 Å². The molecule has 4 heterocycles. The average molecular weight is 301 g/mol. The van der Waals surface area contributed by atoms with Gasteiger partial charge in [-0.2, -0.15) is 0 Å². The summed E-state index contributed by atoms with van der Waals surface area (Å²) in [5.74, 6) is -0.314. The third-order valence-corrected chi connectivity index (χ3v) is 4.65. The summed E-state index contributed by atoms with van der Waals surface area (Å²) in [6.45, 7) is 7.81. The molecular formula is C17H23N3O2. The van der Waals surface area contributed by atoms with Crippen molar-refractivity contribution in [3.05, 3.63) is 35.8 Å². The fourth-order valence-electron chi connectivity index (χ4n) is 3.48. The molecule has 1 atom stereocenters. The molecule has 2 aliphatic heterocycles. The van der Waals surface area contributed by atoms with Crippen LogP contribution in [0.2, 0.25) is 0 Å². The largest absolute Gasteiger partial charge is 0.347 e. The standard InChI is InChI=1S/C17H23N3O2/c1-13-3-4-16-18-15(11-20(16)9-13)10-19-7-5-17(6-8-19)21-12-14(2)22-17/h3-4,9,11,14H,5-8,10,12H2,1-2H3/t14-/m1/s1. The lowest BCUT2D eigenvalue weighted by molar-refractivity contribution is -0.194. The van der Waals surface area contributed by atoms with E-state index >= 15 is 0 Å². The first-order valence-electron chi connectivity index (χ1n) is 8.10. The number of imidazole rings is 1. The molecule has 5 heteroatoms. The number of ether oxygens (including phenoxy) is 2. The van der Waals surface area contributed by atoms with E-state index in [1.165, 1.54) is 5.56 Å². The second kappa shape index (κ2) is 5.33. The Morgan fingerprint density at radius 2 is 2.09 bits per heavy atom. The van der Waals surface area contributed by atoms with Crippen molar-refractivity contribution in [3.63, 3.8) is 0 Å². The number of rotatable bonds is 2. The van der Waals surface area contributed by atoms with Crippen LogP contribution >= 0.6 is 0 Å². The molecular weight excluding hydrogens is 278 g/mol. The van der Waals surface area contributed by atoms with Crippen LogP contribution in [-0.2, 0) is 16.0 Å². The van der Waals surface area contributed by atoms with Gasteiger partial charge in [0.05, 0.1) is 18.4 Å². The maximum Gasteiger partial charge on any atom is 0.171 e. The summed E-state index contributed by atoms with van der Waals surface area (Å²) in [5.41, 5.74) is 3.40. The van der Waals surface area contributed by atoms with Crippen LogP contribution in [0.5, 0.6) is 0 Å². The average Bonchev–Trinajstić information content (AvgIpc) is 3.05. The van der Waals surface area contributed by atoms with Crippen LogP contribution in [0.25, 0.3) is 5.65 Å². The lowest BCUT2D eigenvalue weighted by Crippen LogP contribution is -2.45. The molecule has 2 aromatic heterocycles. The van der Waals surface area contributed by atoms with Crippen molar-refractivity contribution < 1.29 is 9.47 Å². The van der Waals surface area contributed by atoms with Gasteiger partial charge in [0.2, 0.25) is 0 Å². The SMILES string of the molecule is Cc1ccc2nc(CN3CCC4(CC3)OC[C@@H](C)O4)cn2c1. The lowest BCUT2D eigenvalue weighted by atomic mass is 10.0. The molecule has 0 N–H and O–H groups in total. The van der Waals surface area contributed by atoms with E-state index in [1.807, 2.05) is 0 Å². The summed E-state index contributed by atoms with van der Waals surface area (Å²) in [5, 5.41) is 0. The van der Waals surface area contributed by atoms with E-state index in [1.54, 1.807) is 0 Å². The van der Waals surface area contributed by atoms with Crippen molar-refractivity contribution >= 4 is 5.65 Å². The predicted octanol–water partition coefficient (Wildman–Crippen LogP) is 2.37. The van der Waals surface area contributed by atoms with E-state index in [0.717, 1.165) is 50.4 Å². The van der Waals surface area contributed by atoms with Crippen LogP contribution in [0.4, 0.5) is 0 Å². The van der Waals surface area contributed by atoms with Gasteiger partial charge in [-0.1, -0.05) is 6.07 Å². The van der Waals surface area contributed by atoms with Crippen LogP contribution in [0.3, 0.4) is 0 Å². The number of likely N-dealkylation sites (tertiary alicyclic amines) is 1. The summed E-state index contributed by atoms with van der Waals surface area (Å²) in [4.78, 5) is 7.15. The Morgan fingerprint density at radius 3 is 2.82 bits per heavy atom. The van der Waals surface area contributed by atoms with Gasteiger partial charge in [-0.3, -0.25) is 4.90 Å². The molecule has 4 rings (SSSR count). The number of pyridine rings is 1. The smallest absolute Gasteiger partial charge is 0.171 e. The van der Waals surface area contributed by atoms with Crippen LogP contribution in [0.15, 0.2) is 24.5 Å². The molecule has 0 unspecified atom stereocenters. The molecule has 118 valence electrons. The van der Waals surface area contributed by atoms with E-state index in [2.05, 4.69) is 47.7 Å².